The summed E-state index contributed by atoms with van der Waals surface area (Å²) in [5, 5.41) is 2.90. The molecule has 5 heteroatoms. The van der Waals surface area contributed by atoms with Gasteiger partial charge in [0.25, 0.3) is 0 Å². The molecule has 0 saturated carbocycles. The lowest BCUT2D eigenvalue weighted by atomic mass is 9.99. The summed E-state index contributed by atoms with van der Waals surface area (Å²) in [5.74, 6) is 5.39. The second kappa shape index (κ2) is 5.95. The van der Waals surface area contributed by atoms with Gasteiger partial charge in [-0.1, -0.05) is 12.1 Å². The third-order valence-electron chi connectivity index (χ3n) is 3.21. The molecule has 0 atom stereocenters. The van der Waals surface area contributed by atoms with Crippen molar-refractivity contribution < 1.29 is 4.79 Å². The Morgan fingerprint density at radius 2 is 2.28 bits per heavy atom. The van der Waals surface area contributed by atoms with Gasteiger partial charge in [0.15, 0.2) is 0 Å². The first-order valence-corrected chi connectivity index (χ1v) is 6.22. The standard InChI is InChI=1S/C13H20N4O/c1-17(9-15-14)7-6-10-2-4-12-11(8-10)3-5-13(18)16-12/h2,4,8,15H,3,5-7,9,14H2,1H3,(H,16,18). The number of fused-ring (bicyclic) bond motifs is 1. The smallest absolute Gasteiger partial charge is 0.224 e. The molecule has 0 spiro atoms. The predicted octanol–water partition coefficient (Wildman–Crippen LogP) is 0.466. The number of carbonyl (C=O) groups is 1. The van der Waals surface area contributed by atoms with Crippen LogP contribution >= 0.6 is 0 Å². The quantitative estimate of drug-likeness (QED) is 0.402. The van der Waals surface area contributed by atoms with E-state index in [0.29, 0.717) is 13.1 Å². The zero-order chi connectivity index (χ0) is 13.0. The van der Waals surface area contributed by atoms with E-state index in [4.69, 9.17) is 5.84 Å². The number of aryl methyl sites for hydroxylation is 1. The topological polar surface area (TPSA) is 70.4 Å². The van der Waals surface area contributed by atoms with E-state index >= 15 is 0 Å². The fourth-order valence-electron chi connectivity index (χ4n) is 2.15. The van der Waals surface area contributed by atoms with Crippen molar-refractivity contribution in [3.05, 3.63) is 29.3 Å². The van der Waals surface area contributed by atoms with Crippen LogP contribution in [-0.2, 0) is 17.6 Å². The fourth-order valence-corrected chi connectivity index (χ4v) is 2.15. The molecule has 1 aliphatic heterocycles. The molecule has 1 heterocycles. The Bertz CT molecular complexity index is 433. The number of hydrogen-bond donors (Lipinski definition) is 3. The van der Waals surface area contributed by atoms with E-state index in [1.807, 2.05) is 13.1 Å². The Kier molecular flexibility index (Phi) is 4.30. The number of nitrogens with two attached hydrogens (primary N) is 1. The molecule has 0 aliphatic carbocycles. The number of rotatable bonds is 5. The number of carbonyl (C=O) groups excluding carboxylic acids is 1. The molecule has 0 bridgehead atoms. The van der Waals surface area contributed by atoms with Gasteiger partial charge in [-0.05, 0) is 37.1 Å². The first-order valence-electron chi connectivity index (χ1n) is 6.22. The molecule has 4 N–H and O–H groups in total. The highest BCUT2D eigenvalue weighted by Crippen LogP contribution is 2.23. The summed E-state index contributed by atoms with van der Waals surface area (Å²) in [4.78, 5) is 13.4. The maximum absolute atomic E-state index is 11.3. The number of nitrogens with zero attached hydrogens (tertiary/aromatic N) is 1. The van der Waals surface area contributed by atoms with E-state index in [1.54, 1.807) is 0 Å². The highest BCUT2D eigenvalue weighted by molar-refractivity contribution is 5.93. The van der Waals surface area contributed by atoms with E-state index in [9.17, 15) is 4.79 Å². The van der Waals surface area contributed by atoms with Crippen LogP contribution in [0.1, 0.15) is 17.5 Å². The minimum Gasteiger partial charge on any atom is -0.326 e. The molecule has 1 aromatic rings. The Balaban J connectivity index is 1.97. The molecule has 18 heavy (non-hydrogen) atoms. The Morgan fingerprint density at radius 1 is 1.44 bits per heavy atom. The Labute approximate surface area is 107 Å². The van der Waals surface area contributed by atoms with Crippen LogP contribution in [0.4, 0.5) is 5.69 Å². The van der Waals surface area contributed by atoms with Gasteiger partial charge in [0.2, 0.25) is 5.91 Å². The SMILES string of the molecule is CN(CCc1ccc2c(c1)CCC(=O)N2)CNN. The van der Waals surface area contributed by atoms with Crippen molar-refractivity contribution in [1.29, 1.82) is 0 Å². The predicted molar refractivity (Wildman–Crippen MR) is 71.9 cm³/mol. The summed E-state index contributed by atoms with van der Waals surface area (Å²) in [5.41, 5.74) is 6.14. The second-order valence-corrected chi connectivity index (χ2v) is 4.73. The largest absolute Gasteiger partial charge is 0.326 e. The van der Waals surface area contributed by atoms with Crippen LogP contribution in [0, 0.1) is 0 Å². The number of hydrogen-bond acceptors (Lipinski definition) is 4. The van der Waals surface area contributed by atoms with Crippen molar-refractivity contribution >= 4 is 11.6 Å². The van der Waals surface area contributed by atoms with E-state index < -0.39 is 0 Å². The van der Waals surface area contributed by atoms with Crippen molar-refractivity contribution in [3.8, 4) is 0 Å². The molecular weight excluding hydrogens is 228 g/mol. The summed E-state index contributed by atoms with van der Waals surface area (Å²) < 4.78 is 0. The third-order valence-corrected chi connectivity index (χ3v) is 3.21. The number of nitrogens with one attached hydrogen (secondary N) is 2. The first-order chi connectivity index (χ1) is 8.69. The molecule has 5 nitrogen and oxygen atoms in total. The molecule has 0 saturated heterocycles. The average Bonchev–Trinajstić information content (AvgIpc) is 2.36. The van der Waals surface area contributed by atoms with Gasteiger partial charge >= 0.3 is 0 Å². The molecular formula is C13H20N4O. The lowest BCUT2D eigenvalue weighted by Gasteiger charge is -2.19. The summed E-state index contributed by atoms with van der Waals surface area (Å²) in [6, 6.07) is 6.27. The number of amides is 1. The third kappa shape index (κ3) is 3.29. The summed E-state index contributed by atoms with van der Waals surface area (Å²) in [7, 11) is 2.03. The van der Waals surface area contributed by atoms with Crippen molar-refractivity contribution in [2.24, 2.45) is 5.84 Å². The molecule has 1 aromatic carbocycles. The zero-order valence-corrected chi connectivity index (χ0v) is 10.7. The monoisotopic (exact) mass is 248 g/mol. The van der Waals surface area contributed by atoms with Crippen molar-refractivity contribution in [2.75, 3.05) is 25.6 Å². The lowest BCUT2D eigenvalue weighted by molar-refractivity contribution is -0.116. The highest BCUT2D eigenvalue weighted by atomic mass is 16.1. The van der Waals surface area contributed by atoms with E-state index in [-0.39, 0.29) is 5.91 Å². The van der Waals surface area contributed by atoms with Crippen LogP contribution in [0.3, 0.4) is 0 Å². The molecule has 0 aromatic heterocycles. The molecule has 98 valence electrons. The van der Waals surface area contributed by atoms with Crippen LogP contribution < -0.4 is 16.6 Å². The highest BCUT2D eigenvalue weighted by Gasteiger charge is 2.14. The van der Waals surface area contributed by atoms with Crippen LogP contribution in [-0.4, -0.2) is 31.1 Å². The normalized spacial score (nSPS) is 14.5. The average molecular weight is 248 g/mol. The van der Waals surface area contributed by atoms with Crippen molar-refractivity contribution in [3.63, 3.8) is 0 Å². The molecule has 2 rings (SSSR count). The van der Waals surface area contributed by atoms with Crippen LogP contribution in [0.5, 0.6) is 0 Å². The Morgan fingerprint density at radius 3 is 3.06 bits per heavy atom. The van der Waals surface area contributed by atoms with Gasteiger partial charge in [0.05, 0.1) is 6.67 Å². The number of hydrazine groups is 1. The lowest BCUT2D eigenvalue weighted by Crippen LogP contribution is -2.36. The van der Waals surface area contributed by atoms with Crippen molar-refractivity contribution in [2.45, 2.75) is 19.3 Å². The van der Waals surface area contributed by atoms with Crippen LogP contribution in [0.25, 0.3) is 0 Å². The molecule has 0 radical (unpaired) electrons. The molecule has 1 aliphatic rings. The molecule has 0 fully saturated rings. The number of likely N-dealkylation sites (N-methyl/N-ethyl adjacent to an activating group) is 1. The number of anilines is 1. The summed E-state index contributed by atoms with van der Waals surface area (Å²) in [6.45, 7) is 1.64. The fraction of sp³-hybridized carbons (Fsp3) is 0.462. The van der Waals surface area contributed by atoms with Crippen molar-refractivity contribution in [1.82, 2.24) is 10.3 Å². The van der Waals surface area contributed by atoms with Crippen LogP contribution in [0.15, 0.2) is 18.2 Å². The minimum atomic E-state index is 0.115. The maximum Gasteiger partial charge on any atom is 0.224 e. The molecule has 1 amide bonds. The minimum absolute atomic E-state index is 0.115. The second-order valence-electron chi connectivity index (χ2n) is 4.73. The van der Waals surface area contributed by atoms with Crippen LogP contribution in [0.2, 0.25) is 0 Å². The van der Waals surface area contributed by atoms with E-state index in [2.05, 4.69) is 27.8 Å². The Hall–Kier alpha value is -1.43. The van der Waals surface area contributed by atoms with Gasteiger partial charge in [-0.3, -0.25) is 15.5 Å². The van der Waals surface area contributed by atoms with Gasteiger partial charge < -0.3 is 5.32 Å². The first kappa shape index (κ1) is 13.0. The summed E-state index contributed by atoms with van der Waals surface area (Å²) in [6.07, 6.45) is 2.42. The molecule has 0 unspecified atom stereocenters. The van der Waals surface area contributed by atoms with E-state index in [0.717, 1.165) is 25.1 Å². The summed E-state index contributed by atoms with van der Waals surface area (Å²) >= 11 is 0. The maximum atomic E-state index is 11.3. The van der Waals surface area contributed by atoms with Gasteiger partial charge in [-0.2, -0.15) is 0 Å². The van der Waals surface area contributed by atoms with Gasteiger partial charge in [0, 0.05) is 18.7 Å². The number of benzene rings is 1. The zero-order valence-electron chi connectivity index (χ0n) is 10.7. The van der Waals surface area contributed by atoms with Gasteiger partial charge in [0.1, 0.15) is 0 Å². The van der Waals surface area contributed by atoms with Gasteiger partial charge in [-0.15, -0.1) is 0 Å². The van der Waals surface area contributed by atoms with E-state index in [1.165, 1.54) is 11.1 Å². The van der Waals surface area contributed by atoms with Gasteiger partial charge in [-0.25, -0.2) is 5.43 Å².